The quantitative estimate of drug-likeness (QED) is 0.695. The molecule has 0 aliphatic rings. The Kier molecular flexibility index (Phi) is 5.64. The fraction of sp³-hybridized carbons (Fsp3) is 0.500. The van der Waals surface area contributed by atoms with Crippen molar-refractivity contribution in [1.29, 1.82) is 0 Å². The van der Waals surface area contributed by atoms with E-state index in [0.29, 0.717) is 5.69 Å². The first-order chi connectivity index (χ1) is 8.58. The van der Waals surface area contributed by atoms with E-state index < -0.39 is 12.0 Å². The van der Waals surface area contributed by atoms with Crippen molar-refractivity contribution < 1.29 is 14.7 Å². The molecular weight excluding hydrogens is 252 g/mol. The number of rotatable bonds is 6. The summed E-state index contributed by atoms with van der Waals surface area (Å²) in [7, 11) is 1.49. The molecule has 0 atom stereocenters. The first-order valence-corrected chi connectivity index (χ1v) is 6.74. The third kappa shape index (κ3) is 4.03. The van der Waals surface area contributed by atoms with E-state index in [2.05, 4.69) is 17.6 Å². The molecule has 18 heavy (non-hydrogen) atoms. The molecule has 0 spiro atoms. The Hall–Kier alpha value is -1.56. The molecule has 3 N–H and O–H groups in total. The number of hydrogen-bond donors (Lipinski definition) is 3. The second-order valence-corrected chi connectivity index (χ2v) is 5.06. The van der Waals surface area contributed by atoms with Crippen LogP contribution in [0.15, 0.2) is 6.07 Å². The second kappa shape index (κ2) is 7.00. The fourth-order valence-electron chi connectivity index (χ4n) is 1.55. The van der Waals surface area contributed by atoms with E-state index in [1.54, 1.807) is 6.07 Å². The van der Waals surface area contributed by atoms with Crippen LogP contribution >= 0.6 is 11.3 Å². The lowest BCUT2D eigenvalue weighted by atomic mass is 10.2. The van der Waals surface area contributed by atoms with Gasteiger partial charge in [-0.1, -0.05) is 19.8 Å². The van der Waals surface area contributed by atoms with E-state index in [4.69, 9.17) is 5.11 Å². The summed E-state index contributed by atoms with van der Waals surface area (Å²) in [6.45, 7) is 2.12. The van der Waals surface area contributed by atoms with Crippen LogP contribution in [0.4, 0.5) is 10.5 Å². The van der Waals surface area contributed by atoms with Crippen molar-refractivity contribution in [2.45, 2.75) is 32.6 Å². The molecule has 1 heterocycles. The van der Waals surface area contributed by atoms with Gasteiger partial charge in [-0.15, -0.1) is 11.3 Å². The van der Waals surface area contributed by atoms with E-state index >= 15 is 0 Å². The van der Waals surface area contributed by atoms with Crippen LogP contribution in [0.3, 0.4) is 0 Å². The van der Waals surface area contributed by atoms with Crippen molar-refractivity contribution in [3.8, 4) is 0 Å². The van der Waals surface area contributed by atoms with Crippen LogP contribution in [0.1, 0.15) is 40.7 Å². The zero-order valence-electron chi connectivity index (χ0n) is 10.6. The maximum Gasteiger partial charge on any atom is 0.348 e. The number of thiophene rings is 1. The van der Waals surface area contributed by atoms with Crippen LogP contribution in [0.2, 0.25) is 0 Å². The molecule has 6 heteroatoms. The van der Waals surface area contributed by atoms with Gasteiger partial charge < -0.3 is 15.7 Å². The topological polar surface area (TPSA) is 78.4 Å². The smallest absolute Gasteiger partial charge is 0.348 e. The Morgan fingerprint density at radius 2 is 2.11 bits per heavy atom. The number of carbonyl (C=O) groups excluding carboxylic acids is 1. The highest BCUT2D eigenvalue weighted by atomic mass is 32.1. The lowest BCUT2D eigenvalue weighted by Gasteiger charge is -2.02. The number of carbonyl (C=O) groups is 2. The van der Waals surface area contributed by atoms with Crippen molar-refractivity contribution in [2.24, 2.45) is 0 Å². The molecule has 0 aromatic carbocycles. The molecule has 0 aliphatic heterocycles. The number of amides is 2. The van der Waals surface area contributed by atoms with Crippen molar-refractivity contribution >= 4 is 29.0 Å². The van der Waals surface area contributed by atoms with Gasteiger partial charge in [0.1, 0.15) is 4.88 Å². The van der Waals surface area contributed by atoms with Crippen LogP contribution in [-0.4, -0.2) is 24.2 Å². The Balaban J connectivity index is 2.80. The van der Waals surface area contributed by atoms with Gasteiger partial charge in [0.15, 0.2) is 0 Å². The normalized spacial score (nSPS) is 10.1. The standard InChI is InChI=1S/C12H18N2O3S/c1-3-4-5-6-8-7-9(14-12(17)13-2)10(18-8)11(15)16/h7H,3-6H2,1-2H3,(H,15,16)(H2,13,14,17). The van der Waals surface area contributed by atoms with Gasteiger partial charge in [-0.05, 0) is 18.9 Å². The van der Waals surface area contributed by atoms with Crippen LogP contribution < -0.4 is 10.6 Å². The van der Waals surface area contributed by atoms with E-state index in [1.165, 1.54) is 18.4 Å². The van der Waals surface area contributed by atoms with Gasteiger partial charge >= 0.3 is 12.0 Å². The van der Waals surface area contributed by atoms with Gasteiger partial charge in [-0.25, -0.2) is 9.59 Å². The van der Waals surface area contributed by atoms with E-state index in [0.717, 1.165) is 30.6 Å². The minimum absolute atomic E-state index is 0.185. The van der Waals surface area contributed by atoms with Crippen LogP contribution in [0, 0.1) is 0 Å². The Labute approximate surface area is 110 Å². The summed E-state index contributed by atoms with van der Waals surface area (Å²) >= 11 is 1.23. The highest BCUT2D eigenvalue weighted by Gasteiger charge is 2.16. The summed E-state index contributed by atoms with van der Waals surface area (Å²) in [6, 6.07) is 1.34. The average Bonchev–Trinajstić information content (AvgIpc) is 2.72. The molecule has 0 saturated carbocycles. The predicted molar refractivity (Wildman–Crippen MR) is 72.6 cm³/mol. The molecule has 2 amide bonds. The molecule has 0 fully saturated rings. The van der Waals surface area contributed by atoms with Crippen molar-refractivity contribution in [3.63, 3.8) is 0 Å². The van der Waals surface area contributed by atoms with Crippen LogP contribution in [-0.2, 0) is 6.42 Å². The number of carboxylic acids is 1. The number of unbranched alkanes of at least 4 members (excludes halogenated alkanes) is 2. The number of nitrogens with one attached hydrogen (secondary N) is 2. The summed E-state index contributed by atoms with van der Waals surface area (Å²) < 4.78 is 0. The number of hydrogen-bond acceptors (Lipinski definition) is 3. The third-order valence-electron chi connectivity index (χ3n) is 2.48. The first-order valence-electron chi connectivity index (χ1n) is 5.93. The van der Waals surface area contributed by atoms with Crippen molar-refractivity contribution in [3.05, 3.63) is 15.8 Å². The highest BCUT2D eigenvalue weighted by molar-refractivity contribution is 7.14. The number of carboxylic acid groups (broad SMARTS) is 1. The van der Waals surface area contributed by atoms with Gasteiger partial charge in [0.05, 0.1) is 5.69 Å². The maximum atomic E-state index is 11.2. The summed E-state index contributed by atoms with van der Waals surface area (Å²) in [6.07, 6.45) is 4.14. The Bertz CT molecular complexity index is 429. The van der Waals surface area contributed by atoms with Gasteiger partial charge in [0.2, 0.25) is 0 Å². The monoisotopic (exact) mass is 270 g/mol. The average molecular weight is 270 g/mol. The minimum Gasteiger partial charge on any atom is -0.477 e. The molecule has 100 valence electrons. The summed E-state index contributed by atoms with van der Waals surface area (Å²) in [4.78, 5) is 23.5. The van der Waals surface area contributed by atoms with Gasteiger partial charge in [0, 0.05) is 11.9 Å². The van der Waals surface area contributed by atoms with E-state index in [9.17, 15) is 9.59 Å². The largest absolute Gasteiger partial charge is 0.477 e. The molecule has 0 unspecified atom stereocenters. The zero-order valence-corrected chi connectivity index (χ0v) is 11.4. The van der Waals surface area contributed by atoms with Gasteiger partial charge in [0.25, 0.3) is 0 Å². The van der Waals surface area contributed by atoms with E-state index in [-0.39, 0.29) is 4.88 Å². The summed E-state index contributed by atoms with van der Waals surface area (Å²) in [5.41, 5.74) is 0.373. The zero-order chi connectivity index (χ0) is 13.5. The van der Waals surface area contributed by atoms with Crippen LogP contribution in [0.25, 0.3) is 0 Å². The fourth-order valence-corrected chi connectivity index (χ4v) is 2.54. The summed E-state index contributed by atoms with van der Waals surface area (Å²) in [5, 5.41) is 14.0. The number of urea groups is 1. The second-order valence-electron chi connectivity index (χ2n) is 3.92. The molecule has 1 rings (SSSR count). The third-order valence-corrected chi connectivity index (χ3v) is 3.66. The Morgan fingerprint density at radius 3 is 2.67 bits per heavy atom. The number of aryl methyl sites for hydroxylation is 1. The molecule has 0 aliphatic carbocycles. The Morgan fingerprint density at radius 1 is 1.39 bits per heavy atom. The number of anilines is 1. The molecule has 0 saturated heterocycles. The highest BCUT2D eigenvalue weighted by Crippen LogP contribution is 2.28. The van der Waals surface area contributed by atoms with E-state index in [1.807, 2.05) is 0 Å². The predicted octanol–water partition coefficient (Wildman–Crippen LogP) is 2.93. The van der Waals surface area contributed by atoms with Crippen molar-refractivity contribution in [1.82, 2.24) is 5.32 Å². The molecule has 1 aromatic heterocycles. The molecule has 5 nitrogen and oxygen atoms in total. The van der Waals surface area contributed by atoms with Gasteiger partial charge in [-0.2, -0.15) is 0 Å². The SMILES string of the molecule is CCCCCc1cc(NC(=O)NC)c(C(=O)O)s1. The van der Waals surface area contributed by atoms with Crippen LogP contribution in [0.5, 0.6) is 0 Å². The lowest BCUT2D eigenvalue weighted by Crippen LogP contribution is -2.24. The lowest BCUT2D eigenvalue weighted by molar-refractivity contribution is 0.0703. The summed E-state index contributed by atoms with van der Waals surface area (Å²) in [5.74, 6) is -1.01. The molecule has 0 radical (unpaired) electrons. The number of aromatic carboxylic acids is 1. The first kappa shape index (κ1) is 14.5. The minimum atomic E-state index is -1.01. The van der Waals surface area contributed by atoms with Gasteiger partial charge in [-0.3, -0.25) is 0 Å². The molecular formula is C12H18N2O3S. The maximum absolute atomic E-state index is 11.2. The molecule has 1 aromatic rings. The molecule has 0 bridgehead atoms. The van der Waals surface area contributed by atoms with Crippen molar-refractivity contribution in [2.75, 3.05) is 12.4 Å².